The molecule has 0 atom stereocenters. The summed E-state index contributed by atoms with van der Waals surface area (Å²) in [5, 5.41) is 12.6. The zero-order chi connectivity index (χ0) is 15.1. The predicted molar refractivity (Wildman–Crippen MR) is 96.0 cm³/mol. The first-order valence-corrected chi connectivity index (χ1v) is 7.83. The summed E-state index contributed by atoms with van der Waals surface area (Å²) in [5.41, 5.74) is 2.20. The summed E-state index contributed by atoms with van der Waals surface area (Å²) >= 11 is 9.37. The number of hydrogen-bond donors (Lipinski definition) is 2. The zero-order valence-corrected chi connectivity index (χ0v) is 15.0. The van der Waals surface area contributed by atoms with E-state index in [1.807, 2.05) is 42.5 Å². The van der Waals surface area contributed by atoms with Crippen LogP contribution in [-0.4, -0.2) is 18.3 Å². The van der Waals surface area contributed by atoms with Crippen LogP contribution in [0, 0.1) is 0 Å². The lowest BCUT2D eigenvalue weighted by Gasteiger charge is -2.10. The van der Waals surface area contributed by atoms with Crippen LogP contribution in [-0.2, 0) is 13.2 Å². The lowest BCUT2D eigenvalue weighted by atomic mass is 10.2. The van der Waals surface area contributed by atoms with Crippen molar-refractivity contribution in [2.45, 2.75) is 13.2 Å². The standard InChI is InChI=1S/C16H17BrClNO2.ClH/c17-15-9-13(10-19-7-8-20)3-6-16(15)21-11-12-1-4-14(18)5-2-12;/h1-6,9,19-20H,7-8,10-11H2;1H. The second-order valence-corrected chi connectivity index (χ2v) is 5.87. The lowest BCUT2D eigenvalue weighted by molar-refractivity contribution is 0.292. The second kappa shape index (κ2) is 10.1. The van der Waals surface area contributed by atoms with E-state index < -0.39 is 0 Å². The van der Waals surface area contributed by atoms with Crippen molar-refractivity contribution in [1.82, 2.24) is 5.32 Å². The molecule has 0 saturated carbocycles. The lowest BCUT2D eigenvalue weighted by Crippen LogP contribution is -2.17. The molecule has 0 amide bonds. The SMILES string of the molecule is Cl.OCCNCc1ccc(OCc2ccc(Cl)cc2)c(Br)c1. The van der Waals surface area contributed by atoms with Crippen LogP contribution in [0.5, 0.6) is 5.75 Å². The van der Waals surface area contributed by atoms with Gasteiger partial charge in [0.25, 0.3) is 0 Å². The first-order valence-electron chi connectivity index (χ1n) is 6.66. The highest BCUT2D eigenvalue weighted by Crippen LogP contribution is 2.27. The number of ether oxygens (including phenoxy) is 1. The fraction of sp³-hybridized carbons (Fsp3) is 0.250. The summed E-state index contributed by atoms with van der Waals surface area (Å²) in [4.78, 5) is 0. The first-order chi connectivity index (χ1) is 10.2. The molecule has 0 radical (unpaired) electrons. The molecule has 0 aliphatic carbocycles. The molecular formula is C16H18BrCl2NO2. The van der Waals surface area contributed by atoms with Gasteiger partial charge >= 0.3 is 0 Å². The Labute approximate surface area is 150 Å². The van der Waals surface area contributed by atoms with Crippen molar-refractivity contribution >= 4 is 39.9 Å². The van der Waals surface area contributed by atoms with Gasteiger partial charge in [-0.15, -0.1) is 12.4 Å². The van der Waals surface area contributed by atoms with Crippen molar-refractivity contribution in [3.63, 3.8) is 0 Å². The van der Waals surface area contributed by atoms with E-state index >= 15 is 0 Å². The summed E-state index contributed by atoms with van der Waals surface area (Å²) < 4.78 is 6.71. The Hall–Kier alpha value is -0.780. The molecule has 0 spiro atoms. The Bertz CT molecular complexity index is 579. The highest BCUT2D eigenvalue weighted by atomic mass is 79.9. The molecule has 2 rings (SSSR count). The summed E-state index contributed by atoms with van der Waals surface area (Å²) in [6.45, 7) is 1.95. The number of halogens is 3. The second-order valence-electron chi connectivity index (χ2n) is 4.58. The molecule has 2 N–H and O–H groups in total. The van der Waals surface area contributed by atoms with Crippen LogP contribution in [0.3, 0.4) is 0 Å². The van der Waals surface area contributed by atoms with Gasteiger partial charge in [-0.05, 0) is 51.3 Å². The smallest absolute Gasteiger partial charge is 0.134 e. The van der Waals surface area contributed by atoms with Gasteiger partial charge in [0, 0.05) is 18.1 Å². The van der Waals surface area contributed by atoms with E-state index in [0.717, 1.165) is 32.9 Å². The molecule has 6 heteroatoms. The van der Waals surface area contributed by atoms with Crippen molar-refractivity contribution in [3.8, 4) is 5.75 Å². The molecule has 120 valence electrons. The van der Waals surface area contributed by atoms with Gasteiger partial charge in [0.05, 0.1) is 11.1 Å². The van der Waals surface area contributed by atoms with Crippen LogP contribution < -0.4 is 10.1 Å². The third-order valence-corrected chi connectivity index (χ3v) is 3.79. The Kier molecular flexibility index (Phi) is 8.83. The monoisotopic (exact) mass is 405 g/mol. The van der Waals surface area contributed by atoms with E-state index in [2.05, 4.69) is 21.2 Å². The minimum Gasteiger partial charge on any atom is -0.488 e. The maximum Gasteiger partial charge on any atom is 0.134 e. The summed E-state index contributed by atoms with van der Waals surface area (Å²) in [6.07, 6.45) is 0. The van der Waals surface area contributed by atoms with Crippen LogP contribution in [0.25, 0.3) is 0 Å². The molecule has 0 aliphatic heterocycles. The van der Waals surface area contributed by atoms with Crippen molar-refractivity contribution < 1.29 is 9.84 Å². The zero-order valence-electron chi connectivity index (χ0n) is 11.9. The Morgan fingerprint density at radius 3 is 2.41 bits per heavy atom. The minimum absolute atomic E-state index is 0. The van der Waals surface area contributed by atoms with Crippen LogP contribution in [0.2, 0.25) is 5.02 Å². The number of aliphatic hydroxyl groups excluding tert-OH is 1. The number of nitrogens with one attached hydrogen (secondary N) is 1. The van der Waals surface area contributed by atoms with Gasteiger partial charge in [0.2, 0.25) is 0 Å². The quantitative estimate of drug-likeness (QED) is 0.677. The maximum absolute atomic E-state index is 8.74. The van der Waals surface area contributed by atoms with E-state index in [4.69, 9.17) is 21.4 Å². The molecular weight excluding hydrogens is 389 g/mol. The highest BCUT2D eigenvalue weighted by molar-refractivity contribution is 9.10. The number of hydrogen-bond acceptors (Lipinski definition) is 3. The Morgan fingerprint density at radius 2 is 1.77 bits per heavy atom. The third kappa shape index (κ3) is 6.15. The fourth-order valence-corrected chi connectivity index (χ4v) is 2.49. The van der Waals surface area contributed by atoms with Gasteiger partial charge in [0.15, 0.2) is 0 Å². The molecule has 0 fully saturated rings. The number of benzene rings is 2. The Balaban J connectivity index is 0.00000242. The molecule has 0 bridgehead atoms. The van der Waals surface area contributed by atoms with Crippen molar-refractivity contribution in [2.75, 3.05) is 13.2 Å². The molecule has 2 aromatic rings. The molecule has 2 aromatic carbocycles. The average molecular weight is 407 g/mol. The average Bonchev–Trinajstić information content (AvgIpc) is 2.48. The van der Waals surface area contributed by atoms with Gasteiger partial charge in [-0.3, -0.25) is 0 Å². The molecule has 22 heavy (non-hydrogen) atoms. The molecule has 0 unspecified atom stereocenters. The normalized spacial score (nSPS) is 10.1. The topological polar surface area (TPSA) is 41.5 Å². The van der Waals surface area contributed by atoms with Crippen molar-refractivity contribution in [2.24, 2.45) is 0 Å². The van der Waals surface area contributed by atoms with Crippen molar-refractivity contribution in [1.29, 1.82) is 0 Å². The molecule has 3 nitrogen and oxygen atoms in total. The van der Waals surface area contributed by atoms with Gasteiger partial charge in [-0.25, -0.2) is 0 Å². The molecule has 0 heterocycles. The van der Waals surface area contributed by atoms with E-state index in [1.54, 1.807) is 0 Å². The largest absolute Gasteiger partial charge is 0.488 e. The summed E-state index contributed by atoms with van der Waals surface area (Å²) in [6, 6.07) is 13.6. The fourth-order valence-electron chi connectivity index (χ4n) is 1.82. The highest BCUT2D eigenvalue weighted by Gasteiger charge is 2.03. The van der Waals surface area contributed by atoms with Gasteiger partial charge in [-0.2, -0.15) is 0 Å². The van der Waals surface area contributed by atoms with Crippen LogP contribution in [0.15, 0.2) is 46.9 Å². The van der Waals surface area contributed by atoms with Crippen molar-refractivity contribution in [3.05, 3.63) is 63.1 Å². The first kappa shape index (κ1) is 19.3. The predicted octanol–water partition coefficient (Wildman–Crippen LogP) is 4.19. The summed E-state index contributed by atoms with van der Waals surface area (Å²) in [7, 11) is 0. The van der Waals surface area contributed by atoms with Crippen LogP contribution >= 0.6 is 39.9 Å². The van der Waals surface area contributed by atoms with Crippen LogP contribution in [0.4, 0.5) is 0 Å². The van der Waals surface area contributed by atoms with E-state index in [1.165, 1.54) is 0 Å². The molecule has 0 saturated heterocycles. The maximum atomic E-state index is 8.74. The molecule has 0 aliphatic rings. The summed E-state index contributed by atoms with van der Waals surface area (Å²) in [5.74, 6) is 0.802. The van der Waals surface area contributed by atoms with E-state index in [9.17, 15) is 0 Å². The number of rotatable bonds is 7. The minimum atomic E-state index is 0. The van der Waals surface area contributed by atoms with E-state index in [-0.39, 0.29) is 19.0 Å². The van der Waals surface area contributed by atoms with Gasteiger partial charge in [0.1, 0.15) is 12.4 Å². The third-order valence-electron chi connectivity index (χ3n) is 2.92. The number of aliphatic hydroxyl groups is 1. The molecule has 0 aromatic heterocycles. The van der Waals surface area contributed by atoms with Gasteiger partial charge in [-0.1, -0.05) is 29.8 Å². The van der Waals surface area contributed by atoms with Gasteiger partial charge < -0.3 is 15.2 Å². The van der Waals surface area contributed by atoms with Crippen LogP contribution in [0.1, 0.15) is 11.1 Å². The Morgan fingerprint density at radius 1 is 1.09 bits per heavy atom. The van der Waals surface area contributed by atoms with E-state index in [0.29, 0.717) is 13.2 Å².